The largest absolute Gasteiger partial charge is 0.398 e. The fourth-order valence-corrected chi connectivity index (χ4v) is 2.42. The van der Waals surface area contributed by atoms with Gasteiger partial charge in [-0.25, -0.2) is 0 Å². The number of carbonyl (C=O) groups is 2. The molecular formula is C12H13BrN2O2. The van der Waals surface area contributed by atoms with Gasteiger partial charge in [-0.15, -0.1) is 0 Å². The molecule has 5 heteroatoms. The number of anilines is 1. The van der Waals surface area contributed by atoms with E-state index in [9.17, 15) is 9.59 Å². The summed E-state index contributed by atoms with van der Waals surface area (Å²) in [6, 6.07) is 3.14. The van der Waals surface area contributed by atoms with E-state index in [0.717, 1.165) is 6.42 Å². The topological polar surface area (TPSA) is 63.4 Å². The lowest BCUT2D eigenvalue weighted by Gasteiger charge is -2.20. The highest BCUT2D eigenvalue weighted by Gasteiger charge is 2.39. The standard InChI is InChI=1S/C12H13BrN2O2/c1-3-6(2)15-11(16)7-4-5-8(14)10(13)9(7)12(15)17/h4-6H,3,14H2,1-2H3. The van der Waals surface area contributed by atoms with Gasteiger partial charge in [-0.1, -0.05) is 6.92 Å². The van der Waals surface area contributed by atoms with Crippen molar-refractivity contribution in [1.29, 1.82) is 0 Å². The summed E-state index contributed by atoms with van der Waals surface area (Å²) in [6.07, 6.45) is 0.735. The third-order valence-electron chi connectivity index (χ3n) is 3.09. The summed E-state index contributed by atoms with van der Waals surface area (Å²) in [5.41, 5.74) is 7.01. The first-order chi connectivity index (χ1) is 7.99. The Morgan fingerprint density at radius 1 is 1.35 bits per heavy atom. The maximum atomic E-state index is 12.2. The molecule has 2 rings (SSSR count). The summed E-state index contributed by atoms with van der Waals surface area (Å²) >= 11 is 3.27. The number of amides is 2. The normalized spacial score (nSPS) is 16.3. The van der Waals surface area contributed by atoms with Crippen LogP contribution >= 0.6 is 15.9 Å². The first-order valence-corrected chi connectivity index (χ1v) is 6.24. The molecule has 0 aromatic heterocycles. The molecule has 1 heterocycles. The van der Waals surface area contributed by atoms with Crippen LogP contribution in [-0.4, -0.2) is 22.8 Å². The van der Waals surface area contributed by atoms with E-state index in [1.54, 1.807) is 12.1 Å². The Bertz CT molecular complexity index is 513. The highest BCUT2D eigenvalue weighted by molar-refractivity contribution is 9.10. The lowest BCUT2D eigenvalue weighted by molar-refractivity contribution is 0.0593. The number of rotatable bonds is 2. The molecule has 1 aromatic carbocycles. The molecule has 0 radical (unpaired) electrons. The number of nitrogens with zero attached hydrogens (tertiary/aromatic N) is 1. The Labute approximate surface area is 108 Å². The molecule has 0 fully saturated rings. The SMILES string of the molecule is CCC(C)N1C(=O)c2ccc(N)c(Br)c2C1=O. The molecule has 4 nitrogen and oxygen atoms in total. The highest BCUT2D eigenvalue weighted by Crippen LogP contribution is 2.34. The molecule has 0 saturated heterocycles. The zero-order valence-electron chi connectivity index (χ0n) is 9.66. The van der Waals surface area contributed by atoms with Crippen molar-refractivity contribution in [3.63, 3.8) is 0 Å². The molecular weight excluding hydrogens is 284 g/mol. The summed E-state index contributed by atoms with van der Waals surface area (Å²) in [4.78, 5) is 25.6. The second-order valence-electron chi connectivity index (χ2n) is 4.13. The van der Waals surface area contributed by atoms with E-state index in [0.29, 0.717) is 21.3 Å². The van der Waals surface area contributed by atoms with E-state index in [2.05, 4.69) is 15.9 Å². The quantitative estimate of drug-likeness (QED) is 0.673. The van der Waals surface area contributed by atoms with Gasteiger partial charge in [0.15, 0.2) is 0 Å². The number of hydrogen-bond acceptors (Lipinski definition) is 3. The van der Waals surface area contributed by atoms with Crippen LogP contribution in [0.2, 0.25) is 0 Å². The zero-order valence-corrected chi connectivity index (χ0v) is 11.2. The third kappa shape index (κ3) is 1.65. The van der Waals surface area contributed by atoms with E-state index in [-0.39, 0.29) is 17.9 Å². The van der Waals surface area contributed by atoms with Crippen LogP contribution in [0.3, 0.4) is 0 Å². The highest BCUT2D eigenvalue weighted by atomic mass is 79.9. The van der Waals surface area contributed by atoms with E-state index < -0.39 is 0 Å². The Morgan fingerprint density at radius 2 is 2.00 bits per heavy atom. The summed E-state index contributed by atoms with van der Waals surface area (Å²) in [6.45, 7) is 3.80. The van der Waals surface area contributed by atoms with Gasteiger partial charge in [0.1, 0.15) is 0 Å². The predicted molar refractivity (Wildman–Crippen MR) is 68.8 cm³/mol. The minimum absolute atomic E-state index is 0.101. The van der Waals surface area contributed by atoms with E-state index >= 15 is 0 Å². The lowest BCUT2D eigenvalue weighted by atomic mass is 10.1. The van der Waals surface area contributed by atoms with Crippen LogP contribution < -0.4 is 5.73 Å². The smallest absolute Gasteiger partial charge is 0.263 e. The molecule has 1 aliphatic heterocycles. The number of carbonyl (C=O) groups excluding carboxylic acids is 2. The summed E-state index contributed by atoms with van der Waals surface area (Å²) in [5.74, 6) is -0.501. The van der Waals surface area contributed by atoms with Crippen molar-refractivity contribution in [3.05, 3.63) is 27.7 Å². The second-order valence-corrected chi connectivity index (χ2v) is 4.92. The summed E-state index contributed by atoms with van der Waals surface area (Å²) < 4.78 is 0.513. The maximum absolute atomic E-state index is 12.2. The molecule has 0 bridgehead atoms. The van der Waals surface area contributed by atoms with Gasteiger partial charge in [-0.2, -0.15) is 0 Å². The van der Waals surface area contributed by atoms with Crippen LogP contribution in [0, 0.1) is 0 Å². The van der Waals surface area contributed by atoms with Gasteiger partial charge in [0.2, 0.25) is 0 Å². The molecule has 2 amide bonds. The molecule has 0 aliphatic carbocycles. The molecule has 17 heavy (non-hydrogen) atoms. The van der Waals surface area contributed by atoms with E-state index in [1.165, 1.54) is 4.90 Å². The number of nitrogens with two attached hydrogens (primary N) is 1. The Hall–Kier alpha value is -1.36. The van der Waals surface area contributed by atoms with E-state index in [4.69, 9.17) is 5.73 Å². The predicted octanol–water partition coefficient (Wildman–Crippen LogP) is 2.43. The maximum Gasteiger partial charge on any atom is 0.263 e. The molecule has 1 atom stereocenters. The van der Waals surface area contributed by atoms with E-state index in [1.807, 2.05) is 13.8 Å². The number of imide groups is 1. The van der Waals surface area contributed by atoms with Gasteiger partial charge < -0.3 is 5.73 Å². The first-order valence-electron chi connectivity index (χ1n) is 5.44. The minimum Gasteiger partial charge on any atom is -0.398 e. The van der Waals surface area contributed by atoms with Crippen molar-refractivity contribution in [2.45, 2.75) is 26.3 Å². The van der Waals surface area contributed by atoms with Crippen LogP contribution in [0.1, 0.15) is 41.0 Å². The zero-order chi connectivity index (χ0) is 12.7. The number of hydrogen-bond donors (Lipinski definition) is 1. The van der Waals surface area contributed by atoms with Crippen molar-refractivity contribution >= 4 is 33.4 Å². The Balaban J connectivity index is 2.57. The fraction of sp³-hybridized carbons (Fsp3) is 0.333. The van der Waals surface area contributed by atoms with Crippen LogP contribution in [0.25, 0.3) is 0 Å². The molecule has 1 unspecified atom stereocenters. The monoisotopic (exact) mass is 296 g/mol. The first kappa shape index (κ1) is 12.1. The van der Waals surface area contributed by atoms with Gasteiger partial charge in [-0.05, 0) is 41.4 Å². The van der Waals surface area contributed by atoms with Gasteiger partial charge in [-0.3, -0.25) is 14.5 Å². The minimum atomic E-state index is -0.265. The number of benzene rings is 1. The fourth-order valence-electron chi connectivity index (χ4n) is 1.90. The number of nitrogen functional groups attached to an aromatic ring is 1. The van der Waals surface area contributed by atoms with Crippen molar-refractivity contribution < 1.29 is 9.59 Å². The van der Waals surface area contributed by atoms with Crippen molar-refractivity contribution in [1.82, 2.24) is 4.90 Å². The average Bonchev–Trinajstić information content (AvgIpc) is 2.56. The third-order valence-corrected chi connectivity index (χ3v) is 3.94. The number of halogens is 1. The lowest BCUT2D eigenvalue weighted by Crippen LogP contribution is -2.37. The van der Waals surface area contributed by atoms with Crippen LogP contribution in [0.5, 0.6) is 0 Å². The number of fused-ring (bicyclic) bond motifs is 1. The van der Waals surface area contributed by atoms with Gasteiger partial charge >= 0.3 is 0 Å². The summed E-state index contributed by atoms with van der Waals surface area (Å²) in [5, 5.41) is 0. The molecule has 90 valence electrons. The van der Waals surface area contributed by atoms with Gasteiger partial charge in [0, 0.05) is 11.7 Å². The molecule has 0 spiro atoms. The molecule has 0 saturated carbocycles. The molecule has 1 aliphatic rings. The Morgan fingerprint density at radius 3 is 2.59 bits per heavy atom. The average molecular weight is 297 g/mol. The van der Waals surface area contributed by atoms with Crippen LogP contribution in [0.15, 0.2) is 16.6 Å². The van der Waals surface area contributed by atoms with Crippen LogP contribution in [-0.2, 0) is 0 Å². The van der Waals surface area contributed by atoms with Crippen LogP contribution in [0.4, 0.5) is 5.69 Å². The second kappa shape index (κ2) is 4.14. The van der Waals surface area contributed by atoms with Gasteiger partial charge in [0.25, 0.3) is 11.8 Å². The van der Waals surface area contributed by atoms with Crippen molar-refractivity contribution in [2.75, 3.05) is 5.73 Å². The van der Waals surface area contributed by atoms with Gasteiger partial charge in [0.05, 0.1) is 15.6 Å². The Kier molecular flexibility index (Phi) is 2.95. The van der Waals surface area contributed by atoms with Crippen molar-refractivity contribution in [3.8, 4) is 0 Å². The molecule has 1 aromatic rings. The molecule has 2 N–H and O–H groups in total. The summed E-state index contributed by atoms with van der Waals surface area (Å²) in [7, 11) is 0. The van der Waals surface area contributed by atoms with Crippen molar-refractivity contribution in [2.24, 2.45) is 0 Å².